The van der Waals surface area contributed by atoms with E-state index < -0.39 is 0 Å². The van der Waals surface area contributed by atoms with E-state index in [1.807, 2.05) is 53.2 Å². The molecule has 6 nitrogen and oxygen atoms in total. The first-order chi connectivity index (χ1) is 15.7. The quantitative estimate of drug-likeness (QED) is 0.434. The summed E-state index contributed by atoms with van der Waals surface area (Å²) < 4.78 is 1.87. The maximum absolute atomic E-state index is 12.6. The Bertz CT molecular complexity index is 1180. The van der Waals surface area contributed by atoms with Crippen LogP contribution in [0.2, 0.25) is 0 Å². The molecule has 0 atom stereocenters. The molecule has 0 aliphatic heterocycles. The third-order valence-electron chi connectivity index (χ3n) is 5.71. The summed E-state index contributed by atoms with van der Waals surface area (Å²) in [4.78, 5) is 15.0. The summed E-state index contributed by atoms with van der Waals surface area (Å²) in [7, 11) is 0. The van der Waals surface area contributed by atoms with Crippen LogP contribution in [-0.2, 0) is 19.6 Å². The van der Waals surface area contributed by atoms with Crippen LogP contribution in [-0.4, -0.2) is 38.9 Å². The maximum Gasteiger partial charge on any atom is 0.251 e. The van der Waals surface area contributed by atoms with Gasteiger partial charge >= 0.3 is 0 Å². The van der Waals surface area contributed by atoms with Gasteiger partial charge in [0.15, 0.2) is 0 Å². The molecule has 0 saturated carbocycles. The summed E-state index contributed by atoms with van der Waals surface area (Å²) in [6, 6.07) is 24.0. The summed E-state index contributed by atoms with van der Waals surface area (Å²) >= 11 is 0. The first kappa shape index (κ1) is 21.7. The fourth-order valence-electron chi connectivity index (χ4n) is 3.80. The molecule has 0 saturated heterocycles. The van der Waals surface area contributed by atoms with E-state index in [-0.39, 0.29) is 5.91 Å². The maximum atomic E-state index is 12.6. The van der Waals surface area contributed by atoms with Gasteiger partial charge < -0.3 is 5.32 Å². The van der Waals surface area contributed by atoms with Gasteiger partial charge in [-0.2, -0.15) is 0 Å². The smallest absolute Gasteiger partial charge is 0.251 e. The number of hydrogen-bond acceptors (Lipinski definition) is 4. The van der Waals surface area contributed by atoms with Gasteiger partial charge in [0.2, 0.25) is 0 Å². The average Bonchev–Trinajstić information content (AvgIpc) is 3.24. The van der Waals surface area contributed by atoms with Gasteiger partial charge in [-0.3, -0.25) is 9.69 Å². The third-order valence-corrected chi connectivity index (χ3v) is 5.71. The highest BCUT2D eigenvalue weighted by atomic mass is 16.1. The molecule has 1 heterocycles. The van der Waals surface area contributed by atoms with E-state index in [2.05, 4.69) is 58.6 Å². The number of hydrogen-bond donors (Lipinski definition) is 1. The molecular weight excluding hydrogens is 398 g/mol. The van der Waals surface area contributed by atoms with Crippen molar-refractivity contribution >= 4 is 16.9 Å². The number of aromatic nitrogens is 3. The Hall–Kier alpha value is -3.51. The predicted molar refractivity (Wildman–Crippen MR) is 127 cm³/mol. The summed E-state index contributed by atoms with van der Waals surface area (Å²) in [5.74, 6) is -0.0723. The van der Waals surface area contributed by atoms with Gasteiger partial charge in [0.25, 0.3) is 5.91 Å². The lowest BCUT2D eigenvalue weighted by Gasteiger charge is -2.18. The fraction of sp³-hybridized carbons (Fsp3) is 0.269. The standard InChI is InChI=1S/C26H29N5O/c1-3-30(4-2)18-22-9-7-8-21(16-22)17-27-26(32)23-14-12-20(13-15-23)19-31-25-11-6-5-10-24(25)28-29-31/h5-16H,3-4,17-19H2,1-2H3,(H,27,32). The molecule has 6 heteroatoms. The van der Waals surface area contributed by atoms with Crippen molar-refractivity contribution in [3.8, 4) is 0 Å². The lowest BCUT2D eigenvalue weighted by Crippen LogP contribution is -2.24. The second-order valence-electron chi connectivity index (χ2n) is 7.90. The van der Waals surface area contributed by atoms with Crippen molar-refractivity contribution in [1.82, 2.24) is 25.2 Å². The highest BCUT2D eigenvalue weighted by Gasteiger charge is 2.08. The van der Waals surface area contributed by atoms with E-state index >= 15 is 0 Å². The highest BCUT2D eigenvalue weighted by Crippen LogP contribution is 2.13. The molecule has 0 spiro atoms. The molecule has 0 bridgehead atoms. The van der Waals surface area contributed by atoms with Crippen LogP contribution >= 0.6 is 0 Å². The summed E-state index contributed by atoms with van der Waals surface area (Å²) in [6.45, 7) is 8.46. The van der Waals surface area contributed by atoms with Crippen LogP contribution in [0.3, 0.4) is 0 Å². The molecule has 4 rings (SSSR count). The minimum atomic E-state index is -0.0723. The Morgan fingerprint density at radius 1 is 0.906 bits per heavy atom. The molecule has 0 radical (unpaired) electrons. The zero-order valence-corrected chi connectivity index (χ0v) is 18.7. The van der Waals surface area contributed by atoms with E-state index in [1.54, 1.807) is 0 Å². The van der Waals surface area contributed by atoms with E-state index in [1.165, 1.54) is 5.56 Å². The van der Waals surface area contributed by atoms with E-state index in [0.717, 1.165) is 41.8 Å². The molecule has 1 amide bonds. The number of rotatable bonds is 9. The molecule has 0 unspecified atom stereocenters. The molecule has 0 aliphatic rings. The fourth-order valence-corrected chi connectivity index (χ4v) is 3.80. The molecule has 0 aliphatic carbocycles. The molecule has 1 aromatic heterocycles. The first-order valence-electron chi connectivity index (χ1n) is 11.1. The van der Waals surface area contributed by atoms with Crippen molar-refractivity contribution < 1.29 is 4.79 Å². The Balaban J connectivity index is 1.35. The van der Waals surface area contributed by atoms with Crippen LogP contribution in [0.1, 0.15) is 40.9 Å². The Kier molecular flexibility index (Phi) is 6.92. The Labute approximate surface area is 188 Å². The van der Waals surface area contributed by atoms with Crippen molar-refractivity contribution in [1.29, 1.82) is 0 Å². The van der Waals surface area contributed by atoms with Crippen molar-refractivity contribution in [3.05, 3.63) is 95.1 Å². The zero-order chi connectivity index (χ0) is 22.3. The molecular formula is C26H29N5O. The number of carbonyl (C=O) groups excluding carboxylic acids is 1. The number of nitrogens with zero attached hydrogens (tertiary/aromatic N) is 4. The normalized spacial score (nSPS) is 11.2. The number of fused-ring (bicyclic) bond motifs is 1. The van der Waals surface area contributed by atoms with Gasteiger partial charge in [0, 0.05) is 18.7 Å². The number of benzene rings is 3. The summed E-state index contributed by atoms with van der Waals surface area (Å²) in [6.07, 6.45) is 0. The van der Waals surface area contributed by atoms with Crippen molar-refractivity contribution in [2.45, 2.75) is 33.5 Å². The van der Waals surface area contributed by atoms with Crippen LogP contribution in [0, 0.1) is 0 Å². The molecule has 1 N–H and O–H groups in total. The van der Waals surface area contributed by atoms with Crippen LogP contribution in [0.5, 0.6) is 0 Å². The van der Waals surface area contributed by atoms with Gasteiger partial charge in [-0.15, -0.1) is 5.10 Å². The Morgan fingerprint density at radius 3 is 2.44 bits per heavy atom. The van der Waals surface area contributed by atoms with Gasteiger partial charge in [-0.1, -0.05) is 67.6 Å². The largest absolute Gasteiger partial charge is 0.348 e. The minimum absolute atomic E-state index is 0.0723. The van der Waals surface area contributed by atoms with E-state index in [4.69, 9.17) is 0 Å². The molecule has 3 aromatic carbocycles. The van der Waals surface area contributed by atoms with Gasteiger partial charge in [-0.25, -0.2) is 4.68 Å². The molecule has 4 aromatic rings. The lowest BCUT2D eigenvalue weighted by atomic mass is 10.1. The van der Waals surface area contributed by atoms with Crippen molar-refractivity contribution in [3.63, 3.8) is 0 Å². The number of nitrogens with one attached hydrogen (secondary N) is 1. The Morgan fingerprint density at radius 2 is 1.66 bits per heavy atom. The van der Waals surface area contributed by atoms with Gasteiger partial charge in [0.1, 0.15) is 5.52 Å². The van der Waals surface area contributed by atoms with Crippen LogP contribution in [0.25, 0.3) is 11.0 Å². The summed E-state index contributed by atoms with van der Waals surface area (Å²) in [5, 5.41) is 11.5. The molecule has 0 fully saturated rings. The van der Waals surface area contributed by atoms with E-state index in [0.29, 0.717) is 18.7 Å². The second-order valence-corrected chi connectivity index (χ2v) is 7.90. The predicted octanol–water partition coefficient (Wildman–Crippen LogP) is 4.25. The second kappa shape index (κ2) is 10.2. The van der Waals surface area contributed by atoms with Crippen molar-refractivity contribution in [2.75, 3.05) is 13.1 Å². The zero-order valence-electron chi connectivity index (χ0n) is 18.7. The number of amides is 1. The topological polar surface area (TPSA) is 63.1 Å². The average molecular weight is 428 g/mol. The number of para-hydroxylation sites is 1. The monoisotopic (exact) mass is 427 g/mol. The minimum Gasteiger partial charge on any atom is -0.348 e. The molecule has 32 heavy (non-hydrogen) atoms. The highest BCUT2D eigenvalue weighted by molar-refractivity contribution is 5.94. The lowest BCUT2D eigenvalue weighted by molar-refractivity contribution is 0.0951. The summed E-state index contributed by atoms with van der Waals surface area (Å²) in [5.41, 5.74) is 5.98. The van der Waals surface area contributed by atoms with Crippen LogP contribution in [0.15, 0.2) is 72.8 Å². The number of carbonyl (C=O) groups is 1. The van der Waals surface area contributed by atoms with Crippen LogP contribution in [0.4, 0.5) is 0 Å². The van der Waals surface area contributed by atoms with E-state index in [9.17, 15) is 4.79 Å². The third kappa shape index (κ3) is 5.21. The van der Waals surface area contributed by atoms with Gasteiger partial charge in [0.05, 0.1) is 12.1 Å². The van der Waals surface area contributed by atoms with Crippen LogP contribution < -0.4 is 5.32 Å². The first-order valence-corrected chi connectivity index (χ1v) is 11.1. The van der Waals surface area contributed by atoms with Crippen molar-refractivity contribution in [2.24, 2.45) is 0 Å². The molecule has 164 valence electrons. The van der Waals surface area contributed by atoms with Gasteiger partial charge in [-0.05, 0) is 54.0 Å². The SMILES string of the molecule is CCN(CC)Cc1cccc(CNC(=O)c2ccc(Cn3nnc4ccccc43)cc2)c1.